The SMILES string of the molecule is CCC1(CC)Cc2ccccc2-c2nc(-c3ccccc3)n(Cc3ccccc3)c(=O)c21. The maximum Gasteiger partial charge on any atom is 0.258 e. The molecule has 5 rings (SSSR count). The van der Waals surface area contributed by atoms with Crippen LogP contribution in [-0.4, -0.2) is 9.55 Å². The molecule has 4 aromatic rings. The maximum absolute atomic E-state index is 14.3. The highest BCUT2D eigenvalue weighted by atomic mass is 16.1. The summed E-state index contributed by atoms with van der Waals surface area (Å²) in [4.78, 5) is 19.5. The van der Waals surface area contributed by atoms with Crippen molar-refractivity contribution < 1.29 is 0 Å². The van der Waals surface area contributed by atoms with E-state index in [0.717, 1.165) is 53.0 Å². The third-order valence-electron chi connectivity index (χ3n) is 7.07. The van der Waals surface area contributed by atoms with Crippen LogP contribution in [0.4, 0.5) is 0 Å². The molecule has 1 heterocycles. The molecule has 0 unspecified atom stereocenters. The lowest BCUT2D eigenvalue weighted by atomic mass is 9.66. The van der Waals surface area contributed by atoms with Crippen LogP contribution in [0.15, 0.2) is 89.7 Å². The molecule has 0 saturated heterocycles. The summed E-state index contributed by atoms with van der Waals surface area (Å²) in [6.45, 7) is 4.91. The standard InChI is InChI=1S/C29H28N2O/c1-3-29(4-2)19-23-17-11-12-18-24(23)26-25(29)28(32)31(20-21-13-7-5-8-14-21)27(30-26)22-15-9-6-10-16-22/h5-18H,3-4,19-20H2,1-2H3. The monoisotopic (exact) mass is 420 g/mol. The molecular weight excluding hydrogens is 392 g/mol. The Morgan fingerprint density at radius 1 is 0.844 bits per heavy atom. The first kappa shape index (κ1) is 20.4. The maximum atomic E-state index is 14.3. The molecular formula is C29H28N2O. The van der Waals surface area contributed by atoms with Gasteiger partial charge >= 0.3 is 0 Å². The van der Waals surface area contributed by atoms with Crippen molar-refractivity contribution in [3.63, 3.8) is 0 Å². The van der Waals surface area contributed by atoms with Crippen LogP contribution >= 0.6 is 0 Å². The summed E-state index contributed by atoms with van der Waals surface area (Å²) >= 11 is 0. The second-order valence-corrected chi connectivity index (χ2v) is 8.72. The third kappa shape index (κ3) is 3.29. The van der Waals surface area contributed by atoms with E-state index in [1.165, 1.54) is 5.56 Å². The molecule has 0 saturated carbocycles. The Bertz CT molecular complexity index is 1300. The first-order valence-corrected chi connectivity index (χ1v) is 11.5. The van der Waals surface area contributed by atoms with Gasteiger partial charge in [-0.1, -0.05) is 98.8 Å². The molecule has 0 atom stereocenters. The fourth-order valence-corrected chi connectivity index (χ4v) is 5.16. The molecule has 3 heteroatoms. The van der Waals surface area contributed by atoms with E-state index in [4.69, 9.17) is 4.98 Å². The molecule has 1 aromatic heterocycles. The van der Waals surface area contributed by atoms with Crippen molar-refractivity contribution in [2.45, 2.75) is 45.1 Å². The van der Waals surface area contributed by atoms with Gasteiger partial charge in [-0.15, -0.1) is 0 Å². The van der Waals surface area contributed by atoms with Crippen LogP contribution in [0, 0.1) is 0 Å². The van der Waals surface area contributed by atoms with E-state index in [1.54, 1.807) is 0 Å². The minimum absolute atomic E-state index is 0.0934. The van der Waals surface area contributed by atoms with E-state index in [0.29, 0.717) is 6.54 Å². The van der Waals surface area contributed by atoms with Crippen LogP contribution in [0.3, 0.4) is 0 Å². The van der Waals surface area contributed by atoms with Crippen molar-refractivity contribution in [1.82, 2.24) is 9.55 Å². The van der Waals surface area contributed by atoms with Gasteiger partial charge in [0.2, 0.25) is 0 Å². The fourth-order valence-electron chi connectivity index (χ4n) is 5.16. The number of aromatic nitrogens is 2. The average molecular weight is 421 g/mol. The summed E-state index contributed by atoms with van der Waals surface area (Å²) in [5.41, 5.74) is 6.10. The first-order valence-electron chi connectivity index (χ1n) is 11.5. The second-order valence-electron chi connectivity index (χ2n) is 8.72. The van der Waals surface area contributed by atoms with Gasteiger partial charge in [-0.25, -0.2) is 4.98 Å². The van der Waals surface area contributed by atoms with Crippen LogP contribution in [0.1, 0.15) is 43.4 Å². The summed E-state index contributed by atoms with van der Waals surface area (Å²) in [6, 6.07) is 28.7. The smallest absolute Gasteiger partial charge is 0.258 e. The molecule has 3 nitrogen and oxygen atoms in total. The van der Waals surface area contributed by atoms with Crippen LogP contribution < -0.4 is 5.56 Å². The molecule has 0 aliphatic heterocycles. The van der Waals surface area contributed by atoms with Gasteiger partial charge in [0.25, 0.3) is 5.56 Å². The number of rotatable bonds is 5. The van der Waals surface area contributed by atoms with Crippen molar-refractivity contribution in [1.29, 1.82) is 0 Å². The van der Waals surface area contributed by atoms with Crippen LogP contribution in [0.25, 0.3) is 22.6 Å². The zero-order chi connectivity index (χ0) is 22.1. The summed E-state index contributed by atoms with van der Waals surface area (Å²) < 4.78 is 1.89. The Morgan fingerprint density at radius 3 is 2.16 bits per heavy atom. The lowest BCUT2D eigenvalue weighted by Crippen LogP contribution is -2.41. The van der Waals surface area contributed by atoms with Gasteiger partial charge < -0.3 is 0 Å². The molecule has 32 heavy (non-hydrogen) atoms. The number of nitrogens with zero attached hydrogens (tertiary/aromatic N) is 2. The minimum atomic E-state index is -0.193. The molecule has 0 radical (unpaired) electrons. The molecule has 0 bridgehead atoms. The predicted octanol–water partition coefficient (Wildman–Crippen LogP) is 6.24. The molecule has 1 aliphatic rings. The summed E-state index contributed by atoms with van der Waals surface area (Å²) in [7, 11) is 0. The average Bonchev–Trinajstić information content (AvgIpc) is 2.86. The summed E-state index contributed by atoms with van der Waals surface area (Å²) in [5, 5.41) is 0. The zero-order valence-corrected chi connectivity index (χ0v) is 18.7. The highest BCUT2D eigenvalue weighted by Crippen LogP contribution is 2.45. The molecule has 160 valence electrons. The van der Waals surface area contributed by atoms with Crippen molar-refractivity contribution >= 4 is 0 Å². The molecule has 0 fully saturated rings. The van der Waals surface area contributed by atoms with E-state index in [1.807, 2.05) is 59.2 Å². The zero-order valence-electron chi connectivity index (χ0n) is 18.7. The molecule has 3 aromatic carbocycles. The number of hydrogen-bond donors (Lipinski definition) is 0. The van der Waals surface area contributed by atoms with Gasteiger partial charge in [0.1, 0.15) is 5.82 Å². The van der Waals surface area contributed by atoms with E-state index < -0.39 is 0 Å². The van der Waals surface area contributed by atoms with E-state index in [2.05, 4.69) is 44.2 Å². The predicted molar refractivity (Wildman–Crippen MR) is 131 cm³/mol. The van der Waals surface area contributed by atoms with Gasteiger partial charge in [-0.2, -0.15) is 0 Å². The van der Waals surface area contributed by atoms with Gasteiger partial charge in [0, 0.05) is 16.5 Å². The lowest BCUT2D eigenvalue weighted by Gasteiger charge is -2.38. The number of hydrogen-bond acceptors (Lipinski definition) is 2. The number of benzene rings is 3. The van der Waals surface area contributed by atoms with Gasteiger partial charge in [-0.3, -0.25) is 9.36 Å². The lowest BCUT2D eigenvalue weighted by molar-refractivity contribution is 0.380. The summed E-state index contributed by atoms with van der Waals surface area (Å²) in [5.74, 6) is 0.732. The van der Waals surface area contributed by atoms with Gasteiger partial charge in [0.15, 0.2) is 0 Å². The van der Waals surface area contributed by atoms with E-state index in [-0.39, 0.29) is 11.0 Å². The first-order chi connectivity index (χ1) is 15.7. The highest BCUT2D eigenvalue weighted by Gasteiger charge is 2.40. The van der Waals surface area contributed by atoms with Crippen LogP contribution in [0.2, 0.25) is 0 Å². The Balaban J connectivity index is 1.85. The van der Waals surface area contributed by atoms with Gasteiger partial charge in [0.05, 0.1) is 17.8 Å². The number of fused-ring (bicyclic) bond motifs is 3. The van der Waals surface area contributed by atoms with Crippen molar-refractivity contribution in [2.24, 2.45) is 0 Å². The Labute approximate surface area is 189 Å². The molecule has 1 aliphatic carbocycles. The molecule has 0 amide bonds. The van der Waals surface area contributed by atoms with Gasteiger partial charge in [-0.05, 0) is 30.4 Å². The molecule has 0 spiro atoms. The fraction of sp³-hybridized carbons (Fsp3) is 0.241. The van der Waals surface area contributed by atoms with Crippen LogP contribution in [-0.2, 0) is 18.4 Å². The highest BCUT2D eigenvalue weighted by molar-refractivity contribution is 5.73. The van der Waals surface area contributed by atoms with Crippen molar-refractivity contribution in [2.75, 3.05) is 0 Å². The normalized spacial score (nSPS) is 13.9. The van der Waals surface area contributed by atoms with Crippen LogP contribution in [0.5, 0.6) is 0 Å². The largest absolute Gasteiger partial charge is 0.288 e. The Hall–Kier alpha value is -3.46. The van der Waals surface area contributed by atoms with E-state index >= 15 is 0 Å². The Morgan fingerprint density at radius 2 is 1.47 bits per heavy atom. The quantitative estimate of drug-likeness (QED) is 0.383. The van der Waals surface area contributed by atoms with Crippen molar-refractivity contribution in [3.05, 3.63) is 112 Å². The summed E-state index contributed by atoms with van der Waals surface area (Å²) in [6.07, 6.45) is 2.71. The second kappa shape index (κ2) is 8.23. The van der Waals surface area contributed by atoms with E-state index in [9.17, 15) is 4.79 Å². The third-order valence-corrected chi connectivity index (χ3v) is 7.07. The van der Waals surface area contributed by atoms with Crippen molar-refractivity contribution in [3.8, 4) is 22.6 Å². The molecule has 0 N–H and O–H groups in total. The topological polar surface area (TPSA) is 34.9 Å². The Kier molecular flexibility index (Phi) is 5.26. The minimum Gasteiger partial charge on any atom is -0.288 e.